The summed E-state index contributed by atoms with van der Waals surface area (Å²) in [5.74, 6) is -3.60. The minimum atomic E-state index is -1.41. The third-order valence-corrected chi connectivity index (χ3v) is 13.3. The van der Waals surface area contributed by atoms with Gasteiger partial charge >= 0.3 is 11.9 Å². The SMILES string of the molecule is N#CC1=C(C(=O)O[C@@H]2CCCC[C@H]2c2cc(-c3ccccc3)cc(-c3ccccc3)c2)C(C(=O)O[C@@H]2CCCC[C@H]2c2cc(-c3ccccc3)cc(-c3ccccc3)c2)=C(C#N)C1C#N. The summed E-state index contributed by atoms with van der Waals surface area (Å²) in [5.41, 5.74) is 9.19. The molecule has 0 aromatic heterocycles. The highest BCUT2D eigenvalue weighted by molar-refractivity contribution is 6.11. The van der Waals surface area contributed by atoms with Crippen molar-refractivity contribution in [3.8, 4) is 62.7 Å². The van der Waals surface area contributed by atoms with Gasteiger partial charge < -0.3 is 9.47 Å². The lowest BCUT2D eigenvalue weighted by Gasteiger charge is -2.33. The van der Waals surface area contributed by atoms with Crippen LogP contribution in [-0.4, -0.2) is 24.1 Å². The van der Waals surface area contributed by atoms with E-state index in [1.54, 1.807) is 0 Å². The number of nitriles is 3. The van der Waals surface area contributed by atoms with E-state index in [2.05, 4.69) is 84.9 Å². The van der Waals surface area contributed by atoms with Crippen molar-refractivity contribution in [2.45, 2.75) is 75.4 Å². The van der Waals surface area contributed by atoms with Gasteiger partial charge in [0, 0.05) is 11.8 Å². The molecule has 0 aliphatic heterocycles. The van der Waals surface area contributed by atoms with Crippen LogP contribution in [0.2, 0.25) is 0 Å². The summed E-state index contributed by atoms with van der Waals surface area (Å²) in [6.45, 7) is 0. The predicted octanol–water partition coefficient (Wildman–Crippen LogP) is 13.0. The van der Waals surface area contributed by atoms with E-state index < -0.39 is 30.1 Å². The van der Waals surface area contributed by atoms with E-state index >= 15 is 0 Å². The van der Waals surface area contributed by atoms with Crippen molar-refractivity contribution in [1.29, 1.82) is 15.8 Å². The molecule has 6 aromatic carbocycles. The van der Waals surface area contributed by atoms with Gasteiger partial charge in [-0.15, -0.1) is 0 Å². The molecule has 3 aliphatic rings. The number of carbonyl (C=O) groups excluding carboxylic acids is 2. The third-order valence-electron chi connectivity index (χ3n) is 13.3. The fourth-order valence-electron chi connectivity index (χ4n) is 10.0. The highest BCUT2D eigenvalue weighted by Gasteiger charge is 2.45. The normalized spacial score (nSPS) is 19.7. The predicted molar refractivity (Wildman–Crippen MR) is 251 cm³/mol. The average molecular weight is 850 g/mol. The van der Waals surface area contributed by atoms with Gasteiger partial charge in [0.05, 0.1) is 40.5 Å². The van der Waals surface area contributed by atoms with Gasteiger partial charge in [-0.2, -0.15) is 15.8 Å². The number of hydrogen-bond acceptors (Lipinski definition) is 7. The van der Waals surface area contributed by atoms with Crippen LogP contribution in [0, 0.1) is 39.9 Å². The first-order valence-electron chi connectivity index (χ1n) is 22.6. The second kappa shape index (κ2) is 19.3. The van der Waals surface area contributed by atoms with Crippen molar-refractivity contribution in [2.75, 3.05) is 0 Å². The molecular formula is C58H47N3O4. The quantitative estimate of drug-likeness (QED) is 0.126. The van der Waals surface area contributed by atoms with Crippen LogP contribution >= 0.6 is 0 Å². The van der Waals surface area contributed by atoms with Gasteiger partial charge in [-0.3, -0.25) is 0 Å². The number of nitrogens with zero attached hydrogens (tertiary/aromatic N) is 3. The summed E-state index contributed by atoms with van der Waals surface area (Å²) >= 11 is 0. The van der Waals surface area contributed by atoms with Crippen LogP contribution in [0.3, 0.4) is 0 Å². The molecular weight excluding hydrogens is 803 g/mol. The molecule has 65 heavy (non-hydrogen) atoms. The molecule has 7 nitrogen and oxygen atoms in total. The standard InChI is InChI=1S/C58H47N3O4/c59-35-50-51(36-60)55(57(62)64-53-27-15-13-25-48(53)46-31-42(38-17-5-1-6-18-38)29-43(32-46)39-19-7-2-8-20-39)56(52(50)37-61)58(63)65-54-28-16-14-26-49(54)47-33-44(40-21-9-3-10-22-40)30-45(34-47)41-23-11-4-12-24-41/h1-12,17-24,29-34,48-50,53-54H,13-16,25-28H2/t48-,49-,53+,54+/m0/s1. The van der Waals surface area contributed by atoms with Crippen LogP contribution in [0.5, 0.6) is 0 Å². The van der Waals surface area contributed by atoms with Crippen LogP contribution < -0.4 is 0 Å². The number of carbonyl (C=O) groups is 2. The summed E-state index contributed by atoms with van der Waals surface area (Å²) in [6.07, 6.45) is 4.93. The lowest BCUT2D eigenvalue weighted by atomic mass is 9.79. The maximum absolute atomic E-state index is 14.7. The Morgan fingerprint density at radius 2 is 0.723 bits per heavy atom. The van der Waals surface area contributed by atoms with E-state index in [-0.39, 0.29) is 34.1 Å². The number of rotatable bonds is 10. The number of allylic oxidation sites excluding steroid dienone is 2. The lowest BCUT2D eigenvalue weighted by Crippen LogP contribution is -2.32. The van der Waals surface area contributed by atoms with Crippen molar-refractivity contribution in [1.82, 2.24) is 0 Å². The minimum absolute atomic E-state index is 0.191. The Morgan fingerprint density at radius 1 is 0.415 bits per heavy atom. The maximum atomic E-state index is 14.7. The van der Waals surface area contributed by atoms with Crippen molar-refractivity contribution >= 4 is 11.9 Å². The third kappa shape index (κ3) is 8.90. The summed E-state index contributed by atoms with van der Waals surface area (Å²) in [5, 5.41) is 31.4. The Balaban J connectivity index is 1.04. The van der Waals surface area contributed by atoms with Gasteiger partial charge in [-0.1, -0.05) is 158 Å². The summed E-state index contributed by atoms with van der Waals surface area (Å²) in [4.78, 5) is 29.4. The zero-order chi connectivity index (χ0) is 44.7. The first-order valence-corrected chi connectivity index (χ1v) is 22.6. The van der Waals surface area contributed by atoms with Crippen LogP contribution in [-0.2, 0) is 19.1 Å². The van der Waals surface area contributed by atoms with Crippen LogP contribution in [0.1, 0.15) is 74.3 Å². The van der Waals surface area contributed by atoms with E-state index in [0.29, 0.717) is 12.8 Å². The molecule has 0 unspecified atom stereocenters. The molecule has 0 heterocycles. The largest absolute Gasteiger partial charge is 0.458 e. The summed E-state index contributed by atoms with van der Waals surface area (Å²) in [6, 6.07) is 59.7. The number of esters is 2. The Kier molecular flexibility index (Phi) is 12.6. The van der Waals surface area contributed by atoms with Crippen molar-refractivity contribution in [2.24, 2.45) is 5.92 Å². The van der Waals surface area contributed by atoms with Crippen LogP contribution in [0.4, 0.5) is 0 Å². The molecule has 318 valence electrons. The Labute approximate surface area is 380 Å². The lowest BCUT2D eigenvalue weighted by molar-refractivity contribution is -0.150. The van der Waals surface area contributed by atoms with E-state index in [1.165, 1.54) is 0 Å². The van der Waals surface area contributed by atoms with Crippen LogP contribution in [0.15, 0.2) is 180 Å². The van der Waals surface area contributed by atoms with Crippen molar-refractivity contribution < 1.29 is 19.1 Å². The number of ether oxygens (including phenoxy) is 2. The molecule has 2 saturated carbocycles. The second-order valence-electron chi connectivity index (χ2n) is 17.2. The van der Waals surface area contributed by atoms with Gasteiger partial charge in [0.25, 0.3) is 0 Å². The zero-order valence-corrected chi connectivity index (χ0v) is 36.0. The fourth-order valence-corrected chi connectivity index (χ4v) is 10.0. The Bertz CT molecular complexity index is 2610. The molecule has 3 aliphatic carbocycles. The zero-order valence-electron chi connectivity index (χ0n) is 36.0. The first kappa shape index (κ1) is 42.5. The van der Waals surface area contributed by atoms with Crippen molar-refractivity contribution in [3.63, 3.8) is 0 Å². The average Bonchev–Trinajstić information content (AvgIpc) is 3.71. The van der Waals surface area contributed by atoms with Crippen LogP contribution in [0.25, 0.3) is 44.5 Å². The molecule has 0 bridgehead atoms. The molecule has 6 aromatic rings. The first-order chi connectivity index (χ1) is 31.9. The summed E-state index contributed by atoms with van der Waals surface area (Å²) in [7, 11) is 0. The Hall–Kier alpha value is -7.79. The highest BCUT2D eigenvalue weighted by atomic mass is 16.6. The highest BCUT2D eigenvalue weighted by Crippen LogP contribution is 2.44. The van der Waals surface area contributed by atoms with E-state index in [0.717, 1.165) is 94.2 Å². The second-order valence-corrected chi connectivity index (χ2v) is 17.2. The molecule has 0 saturated heterocycles. The molecule has 2 fully saturated rings. The van der Waals surface area contributed by atoms with Gasteiger partial charge in [0.2, 0.25) is 0 Å². The Morgan fingerprint density at radius 3 is 1.02 bits per heavy atom. The topological polar surface area (TPSA) is 124 Å². The molecule has 4 atom stereocenters. The van der Waals surface area contributed by atoms with Gasteiger partial charge in [0.1, 0.15) is 18.1 Å². The number of benzene rings is 6. The van der Waals surface area contributed by atoms with Crippen molar-refractivity contribution in [3.05, 3.63) is 191 Å². The van der Waals surface area contributed by atoms with Gasteiger partial charge in [0.15, 0.2) is 0 Å². The molecule has 7 heteroatoms. The molecule has 0 radical (unpaired) electrons. The fraction of sp³-hybridized carbons (Fsp3) is 0.224. The molecule has 9 rings (SSSR count). The van der Waals surface area contributed by atoms with E-state index in [9.17, 15) is 25.4 Å². The molecule has 0 N–H and O–H groups in total. The maximum Gasteiger partial charge on any atom is 0.340 e. The smallest absolute Gasteiger partial charge is 0.340 e. The van der Waals surface area contributed by atoms with E-state index in [4.69, 9.17) is 9.47 Å². The molecule has 0 amide bonds. The van der Waals surface area contributed by atoms with E-state index in [1.807, 2.05) is 91.0 Å². The summed E-state index contributed by atoms with van der Waals surface area (Å²) < 4.78 is 12.8. The minimum Gasteiger partial charge on any atom is -0.458 e. The molecule has 0 spiro atoms. The van der Waals surface area contributed by atoms with Gasteiger partial charge in [-0.05, 0) is 106 Å². The number of hydrogen-bond donors (Lipinski definition) is 0. The van der Waals surface area contributed by atoms with Gasteiger partial charge in [-0.25, -0.2) is 9.59 Å². The monoisotopic (exact) mass is 849 g/mol.